The summed E-state index contributed by atoms with van der Waals surface area (Å²) in [6, 6.07) is 7.79. The van der Waals surface area contributed by atoms with E-state index in [0.717, 1.165) is 11.0 Å². The molecule has 0 saturated heterocycles. The first-order valence-electron chi connectivity index (χ1n) is 5.72. The van der Waals surface area contributed by atoms with Gasteiger partial charge < -0.3 is 10.7 Å². The van der Waals surface area contributed by atoms with E-state index >= 15 is 0 Å². The summed E-state index contributed by atoms with van der Waals surface area (Å²) in [4.78, 5) is 15.9. The summed E-state index contributed by atoms with van der Waals surface area (Å²) in [5, 5.41) is 4.03. The molecule has 0 amide bonds. The summed E-state index contributed by atoms with van der Waals surface area (Å²) in [6.45, 7) is 0. The SMILES string of the molecule is Nc1c(-c2nc3ccccc3[nH]2)cnc2ncnn12. The number of aromatic amines is 1. The second kappa shape index (κ2) is 3.52. The number of benzene rings is 1. The number of nitrogens with two attached hydrogens (primary N) is 1. The summed E-state index contributed by atoms with van der Waals surface area (Å²) in [5.41, 5.74) is 8.62. The Morgan fingerprint density at radius 2 is 2.05 bits per heavy atom. The van der Waals surface area contributed by atoms with Gasteiger partial charge in [0.25, 0.3) is 5.78 Å². The van der Waals surface area contributed by atoms with Crippen LogP contribution in [-0.2, 0) is 0 Å². The van der Waals surface area contributed by atoms with Crippen LogP contribution in [0.4, 0.5) is 5.82 Å². The number of aromatic nitrogens is 6. The highest BCUT2D eigenvalue weighted by Gasteiger charge is 2.12. The van der Waals surface area contributed by atoms with E-state index in [2.05, 4.69) is 25.0 Å². The molecule has 4 rings (SSSR count). The predicted molar refractivity (Wildman–Crippen MR) is 70.3 cm³/mol. The van der Waals surface area contributed by atoms with Gasteiger partial charge in [-0.25, -0.2) is 9.97 Å². The van der Waals surface area contributed by atoms with E-state index in [1.165, 1.54) is 10.8 Å². The van der Waals surface area contributed by atoms with Crippen LogP contribution in [0.15, 0.2) is 36.8 Å². The van der Waals surface area contributed by atoms with Crippen LogP contribution in [0.1, 0.15) is 0 Å². The molecule has 0 atom stereocenters. The first-order valence-corrected chi connectivity index (χ1v) is 5.72. The lowest BCUT2D eigenvalue weighted by atomic mass is 10.3. The molecule has 0 fully saturated rings. The van der Waals surface area contributed by atoms with E-state index in [-0.39, 0.29) is 0 Å². The Balaban J connectivity index is 2.00. The summed E-state index contributed by atoms with van der Waals surface area (Å²) in [5.74, 6) is 1.60. The zero-order valence-electron chi connectivity index (χ0n) is 9.78. The van der Waals surface area contributed by atoms with Gasteiger partial charge >= 0.3 is 0 Å². The van der Waals surface area contributed by atoms with E-state index < -0.39 is 0 Å². The lowest BCUT2D eigenvalue weighted by Gasteiger charge is -2.02. The van der Waals surface area contributed by atoms with Crippen molar-refractivity contribution in [2.24, 2.45) is 0 Å². The maximum Gasteiger partial charge on any atom is 0.254 e. The summed E-state index contributed by atoms with van der Waals surface area (Å²) in [7, 11) is 0. The van der Waals surface area contributed by atoms with Crippen LogP contribution in [-0.4, -0.2) is 29.5 Å². The van der Waals surface area contributed by atoms with Crippen LogP contribution in [0.25, 0.3) is 28.2 Å². The Kier molecular flexibility index (Phi) is 1.85. The zero-order chi connectivity index (χ0) is 12.8. The van der Waals surface area contributed by atoms with Crippen molar-refractivity contribution < 1.29 is 0 Å². The first kappa shape index (κ1) is 10.0. The molecule has 0 radical (unpaired) electrons. The lowest BCUT2D eigenvalue weighted by Crippen LogP contribution is -2.03. The Morgan fingerprint density at radius 1 is 1.16 bits per heavy atom. The van der Waals surface area contributed by atoms with Gasteiger partial charge in [-0.05, 0) is 12.1 Å². The number of para-hydroxylation sites is 2. The third kappa shape index (κ3) is 1.38. The number of anilines is 1. The molecule has 3 heterocycles. The molecular weight excluding hydrogens is 242 g/mol. The number of imidazole rings is 1. The number of nitrogens with one attached hydrogen (secondary N) is 1. The van der Waals surface area contributed by atoms with Crippen molar-refractivity contribution in [3.63, 3.8) is 0 Å². The van der Waals surface area contributed by atoms with E-state index in [0.29, 0.717) is 23.0 Å². The van der Waals surface area contributed by atoms with Gasteiger partial charge in [0.2, 0.25) is 0 Å². The quantitative estimate of drug-likeness (QED) is 0.530. The highest BCUT2D eigenvalue weighted by Crippen LogP contribution is 2.24. The second-order valence-electron chi connectivity index (χ2n) is 4.13. The number of H-pyrrole nitrogens is 1. The van der Waals surface area contributed by atoms with Gasteiger partial charge in [0.05, 0.1) is 16.6 Å². The van der Waals surface area contributed by atoms with Crippen LogP contribution in [0.5, 0.6) is 0 Å². The van der Waals surface area contributed by atoms with E-state index in [1.807, 2.05) is 24.3 Å². The van der Waals surface area contributed by atoms with Crippen molar-refractivity contribution in [3.8, 4) is 11.4 Å². The largest absolute Gasteiger partial charge is 0.383 e. The Hall–Kier alpha value is -2.96. The number of nitrogen functional groups attached to an aromatic ring is 1. The van der Waals surface area contributed by atoms with Crippen molar-refractivity contribution in [3.05, 3.63) is 36.8 Å². The van der Waals surface area contributed by atoms with Gasteiger partial charge in [-0.1, -0.05) is 12.1 Å². The third-order valence-electron chi connectivity index (χ3n) is 2.99. The summed E-state index contributed by atoms with van der Waals surface area (Å²) >= 11 is 0. The van der Waals surface area contributed by atoms with Gasteiger partial charge in [-0.3, -0.25) is 0 Å². The topological polar surface area (TPSA) is 97.8 Å². The van der Waals surface area contributed by atoms with Crippen molar-refractivity contribution in [1.29, 1.82) is 0 Å². The van der Waals surface area contributed by atoms with Crippen LogP contribution < -0.4 is 5.73 Å². The molecule has 1 aromatic carbocycles. The molecule has 19 heavy (non-hydrogen) atoms. The molecule has 0 saturated carbocycles. The normalized spacial score (nSPS) is 11.4. The van der Waals surface area contributed by atoms with Gasteiger partial charge in [0, 0.05) is 6.20 Å². The molecular formula is C12H9N7. The minimum Gasteiger partial charge on any atom is -0.383 e. The van der Waals surface area contributed by atoms with E-state index in [1.54, 1.807) is 6.20 Å². The molecule has 0 aliphatic carbocycles. The van der Waals surface area contributed by atoms with Crippen molar-refractivity contribution in [2.45, 2.75) is 0 Å². The average molecular weight is 251 g/mol. The Morgan fingerprint density at radius 3 is 2.95 bits per heavy atom. The predicted octanol–water partition coefficient (Wildman–Crippen LogP) is 1.25. The minimum absolute atomic E-state index is 0.460. The Bertz CT molecular complexity index is 856. The summed E-state index contributed by atoms with van der Waals surface area (Å²) < 4.78 is 1.49. The van der Waals surface area contributed by atoms with Crippen LogP contribution >= 0.6 is 0 Å². The molecule has 3 N–H and O–H groups in total. The fraction of sp³-hybridized carbons (Fsp3) is 0. The number of hydrogen-bond donors (Lipinski definition) is 2. The number of hydrogen-bond acceptors (Lipinski definition) is 5. The van der Waals surface area contributed by atoms with Crippen molar-refractivity contribution in [2.75, 3.05) is 5.73 Å². The molecule has 0 bridgehead atoms. The second-order valence-corrected chi connectivity index (χ2v) is 4.13. The van der Waals surface area contributed by atoms with Crippen molar-refractivity contribution >= 4 is 22.6 Å². The van der Waals surface area contributed by atoms with Gasteiger partial charge in [-0.15, -0.1) is 0 Å². The van der Waals surface area contributed by atoms with Gasteiger partial charge in [0.1, 0.15) is 18.0 Å². The van der Waals surface area contributed by atoms with Crippen molar-refractivity contribution in [1.82, 2.24) is 29.5 Å². The molecule has 7 heteroatoms. The van der Waals surface area contributed by atoms with Crippen LogP contribution in [0.2, 0.25) is 0 Å². The first-order chi connectivity index (χ1) is 9.33. The number of nitrogens with zero attached hydrogens (tertiary/aromatic N) is 5. The number of fused-ring (bicyclic) bond motifs is 2. The molecule has 0 spiro atoms. The standard InChI is InChI=1S/C12H9N7/c13-10-7(5-14-12-15-6-16-19(10)12)11-17-8-3-1-2-4-9(8)18-11/h1-6H,13H2,(H,17,18). The monoisotopic (exact) mass is 251 g/mol. The maximum atomic E-state index is 6.08. The van der Waals surface area contributed by atoms with E-state index in [9.17, 15) is 0 Å². The number of rotatable bonds is 1. The lowest BCUT2D eigenvalue weighted by molar-refractivity contribution is 0.951. The van der Waals surface area contributed by atoms with Crippen LogP contribution in [0.3, 0.4) is 0 Å². The third-order valence-corrected chi connectivity index (χ3v) is 2.99. The molecule has 4 aromatic rings. The molecule has 0 aliphatic heterocycles. The Labute approximate surface area is 107 Å². The molecule has 3 aromatic heterocycles. The maximum absolute atomic E-state index is 6.08. The van der Waals surface area contributed by atoms with E-state index in [4.69, 9.17) is 5.73 Å². The average Bonchev–Trinajstić information content (AvgIpc) is 3.05. The fourth-order valence-electron chi connectivity index (χ4n) is 2.06. The summed E-state index contributed by atoms with van der Waals surface area (Å²) in [6.07, 6.45) is 3.07. The molecule has 0 unspecified atom stereocenters. The smallest absolute Gasteiger partial charge is 0.254 e. The van der Waals surface area contributed by atoms with Gasteiger partial charge in [0.15, 0.2) is 0 Å². The molecule has 0 aliphatic rings. The van der Waals surface area contributed by atoms with Gasteiger partial charge in [-0.2, -0.15) is 14.6 Å². The minimum atomic E-state index is 0.460. The highest BCUT2D eigenvalue weighted by atomic mass is 15.3. The molecule has 7 nitrogen and oxygen atoms in total. The highest BCUT2D eigenvalue weighted by molar-refractivity contribution is 5.81. The molecule has 92 valence electrons. The fourth-order valence-corrected chi connectivity index (χ4v) is 2.06. The zero-order valence-corrected chi connectivity index (χ0v) is 9.78. The van der Waals surface area contributed by atoms with Crippen LogP contribution in [0, 0.1) is 0 Å².